The molecule has 3 nitrogen and oxygen atoms in total. The summed E-state index contributed by atoms with van der Waals surface area (Å²) in [7, 11) is -3.78. The maximum absolute atomic E-state index is 12.9. The summed E-state index contributed by atoms with van der Waals surface area (Å²) in [5.74, 6) is -1.03. The number of carbonyl (C=O) groups excluding carboxylic acids is 1. The molecule has 0 heterocycles. The minimum Gasteiger partial charge on any atom is -0.293 e. The molecule has 0 saturated carbocycles. The van der Waals surface area contributed by atoms with E-state index in [4.69, 9.17) is 0 Å². The van der Waals surface area contributed by atoms with Gasteiger partial charge in [0.25, 0.3) is 0 Å². The minimum atomic E-state index is -3.78. The number of hydrogen-bond donors (Lipinski definition) is 0. The van der Waals surface area contributed by atoms with Crippen LogP contribution in [0, 0.1) is 5.82 Å². The van der Waals surface area contributed by atoms with E-state index in [1.54, 1.807) is 12.1 Å². The lowest BCUT2D eigenvalue weighted by Gasteiger charge is -2.12. The highest BCUT2D eigenvalue weighted by Gasteiger charge is 2.30. The largest absolute Gasteiger partial charge is 0.293 e. The Morgan fingerprint density at radius 3 is 2.10 bits per heavy atom. The van der Waals surface area contributed by atoms with E-state index in [9.17, 15) is 17.6 Å². The molecule has 0 aliphatic heterocycles. The van der Waals surface area contributed by atoms with Crippen molar-refractivity contribution >= 4 is 31.6 Å². The summed E-state index contributed by atoms with van der Waals surface area (Å²) in [6.07, 6.45) is 0. The predicted molar refractivity (Wildman–Crippen MR) is 81.5 cm³/mol. The van der Waals surface area contributed by atoms with Crippen LogP contribution in [-0.4, -0.2) is 19.5 Å². The molecule has 0 aromatic heterocycles. The first kappa shape index (κ1) is 15.9. The zero-order valence-electron chi connectivity index (χ0n) is 11.1. The number of sulfone groups is 1. The van der Waals surface area contributed by atoms with Gasteiger partial charge < -0.3 is 0 Å². The van der Waals surface area contributed by atoms with E-state index < -0.39 is 26.7 Å². The molecule has 0 amide bonds. The highest BCUT2D eigenvalue weighted by atomic mass is 79.9. The van der Waals surface area contributed by atoms with E-state index in [-0.39, 0.29) is 10.5 Å². The lowest BCUT2D eigenvalue weighted by atomic mass is 10.1. The van der Waals surface area contributed by atoms with Crippen molar-refractivity contribution in [1.82, 2.24) is 0 Å². The molecule has 1 unspecified atom stereocenters. The standard InChI is InChI=1S/C15H12BrFO3S/c1-10(15(18)11-2-6-13(17)7-3-11)21(19,20)14-8-4-12(16)5-9-14/h2-10H,1H3. The van der Waals surface area contributed by atoms with Gasteiger partial charge in [-0.15, -0.1) is 0 Å². The Bertz CT molecular complexity index is 753. The number of halogens is 2. The number of ketones is 1. The second-order valence-corrected chi connectivity index (χ2v) is 7.70. The van der Waals surface area contributed by atoms with Crippen LogP contribution in [0.2, 0.25) is 0 Å². The molecule has 2 aromatic rings. The molecule has 0 fully saturated rings. The first-order valence-electron chi connectivity index (χ1n) is 6.11. The summed E-state index contributed by atoms with van der Waals surface area (Å²) in [5, 5.41) is -1.23. The maximum atomic E-state index is 12.9. The fourth-order valence-electron chi connectivity index (χ4n) is 1.82. The van der Waals surface area contributed by atoms with Gasteiger partial charge in [-0.25, -0.2) is 12.8 Å². The fraction of sp³-hybridized carbons (Fsp3) is 0.133. The monoisotopic (exact) mass is 370 g/mol. The molecule has 6 heteroatoms. The van der Waals surface area contributed by atoms with E-state index >= 15 is 0 Å². The van der Waals surface area contributed by atoms with Gasteiger partial charge in [0.1, 0.15) is 11.1 Å². The summed E-state index contributed by atoms with van der Waals surface area (Å²) >= 11 is 3.22. The van der Waals surface area contributed by atoms with Crippen molar-refractivity contribution in [3.05, 3.63) is 64.4 Å². The van der Waals surface area contributed by atoms with Gasteiger partial charge >= 0.3 is 0 Å². The summed E-state index contributed by atoms with van der Waals surface area (Å²) in [4.78, 5) is 12.3. The smallest absolute Gasteiger partial charge is 0.188 e. The molecular formula is C15H12BrFO3S. The molecule has 21 heavy (non-hydrogen) atoms. The summed E-state index contributed by atoms with van der Waals surface area (Å²) in [5.41, 5.74) is 0.171. The van der Waals surface area contributed by atoms with Gasteiger partial charge in [-0.1, -0.05) is 15.9 Å². The van der Waals surface area contributed by atoms with Gasteiger partial charge in [0.2, 0.25) is 0 Å². The third-order valence-electron chi connectivity index (χ3n) is 3.11. The van der Waals surface area contributed by atoms with E-state index in [2.05, 4.69) is 15.9 Å². The Labute approximate surface area is 130 Å². The zero-order chi connectivity index (χ0) is 15.6. The molecule has 0 aliphatic rings. The van der Waals surface area contributed by atoms with Gasteiger partial charge in [-0.05, 0) is 55.5 Å². The molecule has 0 radical (unpaired) electrons. The lowest BCUT2D eigenvalue weighted by Crippen LogP contribution is -2.27. The Hall–Kier alpha value is -1.53. The average Bonchev–Trinajstić information content (AvgIpc) is 2.47. The lowest BCUT2D eigenvalue weighted by molar-refractivity contribution is 0.0991. The number of Topliss-reactive ketones (excluding diaryl/α,β-unsaturated/α-hetero) is 1. The molecule has 0 saturated heterocycles. The van der Waals surface area contributed by atoms with Gasteiger partial charge in [0.05, 0.1) is 4.90 Å². The molecule has 0 spiro atoms. The summed E-state index contributed by atoms with van der Waals surface area (Å²) in [6, 6.07) is 10.9. The molecule has 2 rings (SSSR count). The molecule has 0 aliphatic carbocycles. The SMILES string of the molecule is CC(C(=O)c1ccc(F)cc1)S(=O)(=O)c1ccc(Br)cc1. The summed E-state index contributed by atoms with van der Waals surface area (Å²) in [6.45, 7) is 1.34. The van der Waals surface area contributed by atoms with Crippen molar-refractivity contribution < 1.29 is 17.6 Å². The van der Waals surface area contributed by atoms with Crippen LogP contribution in [0.25, 0.3) is 0 Å². The molecule has 0 N–H and O–H groups in total. The van der Waals surface area contributed by atoms with Crippen LogP contribution < -0.4 is 0 Å². The number of benzene rings is 2. The molecule has 0 bridgehead atoms. The Morgan fingerprint density at radius 2 is 1.57 bits per heavy atom. The Kier molecular flexibility index (Phi) is 4.58. The molecular weight excluding hydrogens is 359 g/mol. The van der Waals surface area contributed by atoms with Gasteiger partial charge in [0.15, 0.2) is 15.6 Å². The first-order chi connectivity index (χ1) is 9.82. The Morgan fingerprint density at radius 1 is 1.05 bits per heavy atom. The molecule has 1 atom stereocenters. The normalized spacial score (nSPS) is 12.9. The minimum absolute atomic E-state index is 0.0775. The van der Waals surface area contributed by atoms with Crippen molar-refractivity contribution in [3.63, 3.8) is 0 Å². The van der Waals surface area contributed by atoms with Crippen molar-refractivity contribution in [2.45, 2.75) is 17.1 Å². The van der Waals surface area contributed by atoms with Crippen LogP contribution in [0.4, 0.5) is 4.39 Å². The third-order valence-corrected chi connectivity index (χ3v) is 5.71. The Balaban J connectivity index is 2.33. The number of carbonyl (C=O) groups is 1. The second kappa shape index (κ2) is 6.07. The van der Waals surface area contributed by atoms with E-state index in [0.29, 0.717) is 0 Å². The van der Waals surface area contributed by atoms with Crippen LogP contribution in [0.3, 0.4) is 0 Å². The second-order valence-electron chi connectivity index (χ2n) is 4.51. The highest BCUT2D eigenvalue weighted by Crippen LogP contribution is 2.21. The quantitative estimate of drug-likeness (QED) is 0.772. The third kappa shape index (κ3) is 3.39. The zero-order valence-corrected chi connectivity index (χ0v) is 13.5. The number of hydrogen-bond acceptors (Lipinski definition) is 3. The topological polar surface area (TPSA) is 51.2 Å². The van der Waals surface area contributed by atoms with Gasteiger partial charge in [0, 0.05) is 10.0 Å². The van der Waals surface area contributed by atoms with Crippen LogP contribution >= 0.6 is 15.9 Å². The van der Waals surface area contributed by atoms with Crippen molar-refractivity contribution in [2.24, 2.45) is 0 Å². The van der Waals surface area contributed by atoms with E-state index in [1.807, 2.05) is 0 Å². The van der Waals surface area contributed by atoms with Crippen LogP contribution in [-0.2, 0) is 9.84 Å². The van der Waals surface area contributed by atoms with Crippen molar-refractivity contribution in [2.75, 3.05) is 0 Å². The van der Waals surface area contributed by atoms with E-state index in [0.717, 1.165) is 16.6 Å². The van der Waals surface area contributed by atoms with Crippen molar-refractivity contribution in [3.8, 4) is 0 Å². The van der Waals surface area contributed by atoms with E-state index in [1.165, 1.54) is 31.2 Å². The number of rotatable bonds is 4. The van der Waals surface area contributed by atoms with Gasteiger partial charge in [-0.3, -0.25) is 4.79 Å². The van der Waals surface area contributed by atoms with Gasteiger partial charge in [-0.2, -0.15) is 0 Å². The maximum Gasteiger partial charge on any atom is 0.188 e. The molecule has 110 valence electrons. The fourth-order valence-corrected chi connectivity index (χ4v) is 3.42. The van der Waals surface area contributed by atoms with Crippen LogP contribution in [0.15, 0.2) is 57.9 Å². The van der Waals surface area contributed by atoms with Crippen LogP contribution in [0.5, 0.6) is 0 Å². The molecule has 2 aromatic carbocycles. The predicted octanol–water partition coefficient (Wildman–Crippen LogP) is 3.63. The van der Waals surface area contributed by atoms with Crippen LogP contribution in [0.1, 0.15) is 17.3 Å². The van der Waals surface area contributed by atoms with Crippen molar-refractivity contribution in [1.29, 1.82) is 0 Å². The highest BCUT2D eigenvalue weighted by molar-refractivity contribution is 9.10. The first-order valence-corrected chi connectivity index (χ1v) is 8.45. The average molecular weight is 371 g/mol. The summed E-state index contributed by atoms with van der Waals surface area (Å²) < 4.78 is 38.4.